The van der Waals surface area contributed by atoms with Gasteiger partial charge in [0, 0.05) is 18.1 Å². The highest BCUT2D eigenvalue weighted by Crippen LogP contribution is 2.11. The van der Waals surface area contributed by atoms with Gasteiger partial charge in [-0.3, -0.25) is 4.79 Å². The molecule has 4 nitrogen and oxygen atoms in total. The van der Waals surface area contributed by atoms with E-state index in [0.29, 0.717) is 23.8 Å². The number of carbonyl (C=O) groups excluding carboxylic acids is 1. The molecular formula is C21H19ClFN3O. The highest BCUT2D eigenvalue weighted by molar-refractivity contribution is 6.30. The lowest BCUT2D eigenvalue weighted by atomic mass is 10.1. The van der Waals surface area contributed by atoms with Crippen molar-refractivity contribution < 1.29 is 9.18 Å². The van der Waals surface area contributed by atoms with Crippen molar-refractivity contribution >= 4 is 23.2 Å². The first-order chi connectivity index (χ1) is 13.1. The van der Waals surface area contributed by atoms with Crippen LogP contribution in [0.2, 0.25) is 5.02 Å². The van der Waals surface area contributed by atoms with E-state index in [0.717, 1.165) is 23.2 Å². The highest BCUT2D eigenvalue weighted by Gasteiger charge is 2.06. The Balaban J connectivity index is 1.46. The summed E-state index contributed by atoms with van der Waals surface area (Å²) in [7, 11) is 0. The van der Waals surface area contributed by atoms with Gasteiger partial charge in [0.1, 0.15) is 11.5 Å². The summed E-state index contributed by atoms with van der Waals surface area (Å²) in [5.74, 6) is -0.471. The van der Waals surface area contributed by atoms with Gasteiger partial charge in [-0.05, 0) is 53.9 Å². The van der Waals surface area contributed by atoms with Crippen LogP contribution >= 0.6 is 11.6 Å². The van der Waals surface area contributed by atoms with Crippen molar-refractivity contribution in [1.29, 1.82) is 0 Å². The van der Waals surface area contributed by atoms with Crippen LogP contribution in [0, 0.1) is 5.82 Å². The molecule has 2 aromatic carbocycles. The number of nitrogens with one attached hydrogen (secondary N) is 2. The topological polar surface area (TPSA) is 54.0 Å². The number of hydrogen-bond acceptors (Lipinski definition) is 3. The minimum absolute atomic E-state index is 0.214. The maximum Gasteiger partial charge on any atom is 0.269 e. The minimum atomic E-state index is -0.258. The summed E-state index contributed by atoms with van der Waals surface area (Å²) >= 11 is 5.85. The van der Waals surface area contributed by atoms with E-state index in [1.807, 2.05) is 24.3 Å². The molecule has 0 radical (unpaired) electrons. The van der Waals surface area contributed by atoms with E-state index in [2.05, 4.69) is 15.6 Å². The van der Waals surface area contributed by atoms with Crippen molar-refractivity contribution in [3.05, 3.63) is 94.5 Å². The molecule has 3 rings (SSSR count). The Hall–Kier alpha value is -2.92. The maximum atomic E-state index is 12.9. The summed E-state index contributed by atoms with van der Waals surface area (Å²) in [6.45, 7) is 1.07. The van der Waals surface area contributed by atoms with Crippen LogP contribution in [0.1, 0.15) is 21.6 Å². The van der Waals surface area contributed by atoms with Crippen molar-refractivity contribution in [2.75, 3.05) is 11.9 Å². The average molecular weight is 384 g/mol. The maximum absolute atomic E-state index is 12.9. The molecule has 1 amide bonds. The fourth-order valence-corrected chi connectivity index (χ4v) is 2.63. The fraction of sp³-hybridized carbons (Fsp3) is 0.143. The molecule has 0 spiro atoms. The molecule has 0 aliphatic heterocycles. The second-order valence-corrected chi connectivity index (χ2v) is 6.48. The van der Waals surface area contributed by atoms with Crippen LogP contribution in [0.4, 0.5) is 10.1 Å². The first kappa shape index (κ1) is 18.9. The van der Waals surface area contributed by atoms with Gasteiger partial charge in [0.25, 0.3) is 5.91 Å². The molecule has 0 atom stereocenters. The van der Waals surface area contributed by atoms with Crippen molar-refractivity contribution in [3.63, 3.8) is 0 Å². The molecule has 27 heavy (non-hydrogen) atoms. The first-order valence-corrected chi connectivity index (χ1v) is 8.95. The van der Waals surface area contributed by atoms with Crippen molar-refractivity contribution in [2.24, 2.45) is 0 Å². The number of carbonyl (C=O) groups is 1. The smallest absolute Gasteiger partial charge is 0.269 e. The molecule has 138 valence electrons. The van der Waals surface area contributed by atoms with Gasteiger partial charge in [0.15, 0.2) is 0 Å². The Morgan fingerprint density at radius 1 is 0.963 bits per heavy atom. The molecule has 0 saturated heterocycles. The SMILES string of the molecule is O=C(NCCc1ccc(Cl)cc1)c1ccc(NCc2ccc(F)cc2)cn1. The quantitative estimate of drug-likeness (QED) is 0.633. The molecule has 0 unspecified atom stereocenters. The van der Waals surface area contributed by atoms with Gasteiger partial charge in [-0.2, -0.15) is 0 Å². The number of pyridine rings is 1. The molecule has 0 aliphatic rings. The summed E-state index contributed by atoms with van der Waals surface area (Å²) in [5, 5.41) is 6.74. The number of rotatable bonds is 7. The first-order valence-electron chi connectivity index (χ1n) is 8.57. The normalized spacial score (nSPS) is 10.4. The molecule has 0 saturated carbocycles. The molecule has 3 aromatic rings. The van der Waals surface area contributed by atoms with Crippen LogP contribution in [-0.4, -0.2) is 17.4 Å². The van der Waals surface area contributed by atoms with Gasteiger partial charge in [-0.1, -0.05) is 35.9 Å². The zero-order chi connectivity index (χ0) is 19.1. The third-order valence-electron chi connectivity index (χ3n) is 4.02. The molecule has 1 aromatic heterocycles. The predicted octanol–water partition coefficient (Wildman–Crippen LogP) is 4.46. The molecule has 0 bridgehead atoms. The summed E-state index contributed by atoms with van der Waals surface area (Å²) in [5.41, 5.74) is 3.21. The average Bonchev–Trinajstić information content (AvgIpc) is 2.69. The summed E-state index contributed by atoms with van der Waals surface area (Å²) in [6, 6.07) is 17.3. The van der Waals surface area contributed by atoms with Crippen molar-refractivity contribution in [1.82, 2.24) is 10.3 Å². The monoisotopic (exact) mass is 383 g/mol. The van der Waals surface area contributed by atoms with Crippen molar-refractivity contribution in [3.8, 4) is 0 Å². The Bertz CT molecular complexity index is 881. The number of nitrogens with zero attached hydrogens (tertiary/aromatic N) is 1. The van der Waals surface area contributed by atoms with Gasteiger partial charge in [0.2, 0.25) is 0 Å². The third kappa shape index (κ3) is 5.79. The van der Waals surface area contributed by atoms with E-state index in [9.17, 15) is 9.18 Å². The Morgan fingerprint density at radius 3 is 2.33 bits per heavy atom. The lowest BCUT2D eigenvalue weighted by Gasteiger charge is -2.08. The van der Waals surface area contributed by atoms with E-state index in [1.165, 1.54) is 12.1 Å². The number of halogens is 2. The van der Waals surface area contributed by atoms with E-state index < -0.39 is 0 Å². The van der Waals surface area contributed by atoms with Crippen molar-refractivity contribution in [2.45, 2.75) is 13.0 Å². The molecular weight excluding hydrogens is 365 g/mol. The largest absolute Gasteiger partial charge is 0.380 e. The highest BCUT2D eigenvalue weighted by atomic mass is 35.5. The van der Waals surface area contributed by atoms with Gasteiger partial charge >= 0.3 is 0 Å². The predicted molar refractivity (Wildman–Crippen MR) is 105 cm³/mol. The van der Waals surface area contributed by atoms with E-state index in [4.69, 9.17) is 11.6 Å². The Morgan fingerprint density at radius 2 is 1.67 bits per heavy atom. The number of amides is 1. The molecule has 1 heterocycles. The lowest BCUT2D eigenvalue weighted by molar-refractivity contribution is 0.0949. The Kier molecular flexibility index (Phi) is 6.39. The Labute approximate surface area is 162 Å². The van der Waals surface area contributed by atoms with Gasteiger partial charge in [-0.25, -0.2) is 9.37 Å². The summed E-state index contributed by atoms with van der Waals surface area (Å²) < 4.78 is 12.9. The zero-order valence-corrected chi connectivity index (χ0v) is 15.3. The number of aromatic nitrogens is 1. The fourth-order valence-electron chi connectivity index (χ4n) is 2.50. The van der Waals surface area contributed by atoms with E-state index in [-0.39, 0.29) is 11.7 Å². The van der Waals surface area contributed by atoms with Crippen LogP contribution in [-0.2, 0) is 13.0 Å². The zero-order valence-electron chi connectivity index (χ0n) is 14.6. The van der Waals surface area contributed by atoms with Crippen LogP contribution in [0.25, 0.3) is 0 Å². The van der Waals surface area contributed by atoms with E-state index in [1.54, 1.807) is 30.5 Å². The van der Waals surface area contributed by atoms with Gasteiger partial charge in [0.05, 0.1) is 11.9 Å². The van der Waals surface area contributed by atoms with Crippen LogP contribution in [0.3, 0.4) is 0 Å². The second-order valence-electron chi connectivity index (χ2n) is 6.04. The van der Waals surface area contributed by atoms with Crippen LogP contribution in [0.15, 0.2) is 66.9 Å². The summed E-state index contributed by atoms with van der Waals surface area (Å²) in [4.78, 5) is 16.4. The molecule has 0 aliphatic carbocycles. The second kappa shape index (κ2) is 9.14. The third-order valence-corrected chi connectivity index (χ3v) is 4.27. The van der Waals surface area contributed by atoms with Gasteiger partial charge in [-0.15, -0.1) is 0 Å². The standard InChI is InChI=1S/C21H19ClFN3O/c22-17-5-1-15(2-6-17)11-12-24-21(27)20-10-9-19(14-26-20)25-13-16-3-7-18(23)8-4-16/h1-10,14,25H,11-13H2,(H,24,27). The number of anilines is 1. The molecule has 6 heteroatoms. The molecule has 0 fully saturated rings. The lowest BCUT2D eigenvalue weighted by Crippen LogP contribution is -2.26. The van der Waals surface area contributed by atoms with Crippen LogP contribution in [0.5, 0.6) is 0 Å². The number of hydrogen-bond donors (Lipinski definition) is 2. The minimum Gasteiger partial charge on any atom is -0.380 e. The van der Waals surface area contributed by atoms with Crippen LogP contribution < -0.4 is 10.6 Å². The number of benzene rings is 2. The molecule has 2 N–H and O–H groups in total. The van der Waals surface area contributed by atoms with E-state index >= 15 is 0 Å². The summed E-state index contributed by atoms with van der Waals surface area (Å²) in [6.07, 6.45) is 2.33. The van der Waals surface area contributed by atoms with Gasteiger partial charge < -0.3 is 10.6 Å².